The SMILES string of the molecule is Cc1cccc(C(=O)N2CC(CF)C(c3n[nH]c(C)n3)C2)c1. The van der Waals surface area contributed by atoms with E-state index in [9.17, 15) is 9.18 Å². The molecule has 1 amide bonds. The van der Waals surface area contributed by atoms with Crippen molar-refractivity contribution in [2.24, 2.45) is 5.92 Å². The average molecular weight is 302 g/mol. The highest BCUT2D eigenvalue weighted by molar-refractivity contribution is 5.94. The third-order valence-corrected chi connectivity index (χ3v) is 4.14. The number of carbonyl (C=O) groups is 1. The van der Waals surface area contributed by atoms with Crippen LogP contribution in [-0.2, 0) is 0 Å². The number of aromatic amines is 1. The lowest BCUT2D eigenvalue weighted by Gasteiger charge is -2.16. The summed E-state index contributed by atoms with van der Waals surface area (Å²) in [5.74, 6) is 0.848. The fourth-order valence-electron chi connectivity index (χ4n) is 2.97. The molecule has 0 radical (unpaired) electrons. The van der Waals surface area contributed by atoms with Crippen molar-refractivity contribution in [2.45, 2.75) is 19.8 Å². The monoisotopic (exact) mass is 302 g/mol. The summed E-state index contributed by atoms with van der Waals surface area (Å²) in [6.07, 6.45) is 0. The summed E-state index contributed by atoms with van der Waals surface area (Å²) in [4.78, 5) is 18.6. The summed E-state index contributed by atoms with van der Waals surface area (Å²) < 4.78 is 13.3. The Kier molecular flexibility index (Phi) is 3.92. The highest BCUT2D eigenvalue weighted by Crippen LogP contribution is 2.32. The lowest BCUT2D eigenvalue weighted by atomic mass is 9.97. The quantitative estimate of drug-likeness (QED) is 0.946. The molecule has 0 saturated carbocycles. The first-order valence-electron chi connectivity index (χ1n) is 7.39. The number of H-pyrrole nitrogens is 1. The van der Waals surface area contributed by atoms with E-state index >= 15 is 0 Å². The first kappa shape index (κ1) is 14.7. The number of rotatable bonds is 3. The van der Waals surface area contributed by atoms with Gasteiger partial charge in [0, 0.05) is 30.5 Å². The Morgan fingerprint density at radius 2 is 2.23 bits per heavy atom. The van der Waals surface area contributed by atoms with E-state index in [0.29, 0.717) is 30.3 Å². The Bertz CT molecular complexity index is 684. The van der Waals surface area contributed by atoms with E-state index in [1.807, 2.05) is 32.0 Å². The van der Waals surface area contributed by atoms with Crippen LogP contribution >= 0.6 is 0 Å². The van der Waals surface area contributed by atoms with Gasteiger partial charge >= 0.3 is 0 Å². The highest BCUT2D eigenvalue weighted by Gasteiger charge is 2.38. The van der Waals surface area contributed by atoms with E-state index < -0.39 is 6.67 Å². The lowest BCUT2D eigenvalue weighted by molar-refractivity contribution is 0.0784. The van der Waals surface area contributed by atoms with Gasteiger partial charge < -0.3 is 4.90 Å². The largest absolute Gasteiger partial charge is 0.337 e. The van der Waals surface area contributed by atoms with Gasteiger partial charge in [-0.2, -0.15) is 5.10 Å². The number of aromatic nitrogens is 3. The summed E-state index contributed by atoms with van der Waals surface area (Å²) in [5, 5.41) is 6.92. The van der Waals surface area contributed by atoms with E-state index in [2.05, 4.69) is 15.2 Å². The maximum absolute atomic E-state index is 13.3. The van der Waals surface area contributed by atoms with Crippen LogP contribution in [0.2, 0.25) is 0 Å². The first-order chi connectivity index (χ1) is 10.6. The number of nitrogens with zero attached hydrogens (tertiary/aromatic N) is 3. The summed E-state index contributed by atoms with van der Waals surface area (Å²) in [6.45, 7) is 4.14. The molecule has 1 N–H and O–H groups in total. The van der Waals surface area contributed by atoms with Crippen LogP contribution in [-0.4, -0.2) is 45.8 Å². The second-order valence-corrected chi connectivity index (χ2v) is 5.88. The van der Waals surface area contributed by atoms with Crippen LogP contribution in [0, 0.1) is 19.8 Å². The van der Waals surface area contributed by atoms with Crippen LogP contribution in [0.4, 0.5) is 4.39 Å². The summed E-state index contributed by atoms with van der Waals surface area (Å²) in [6, 6.07) is 7.47. The Morgan fingerprint density at radius 3 is 2.86 bits per heavy atom. The smallest absolute Gasteiger partial charge is 0.253 e. The maximum atomic E-state index is 13.3. The van der Waals surface area contributed by atoms with Crippen LogP contribution in [0.5, 0.6) is 0 Å². The molecule has 116 valence electrons. The van der Waals surface area contributed by atoms with E-state index in [4.69, 9.17) is 0 Å². The molecule has 0 bridgehead atoms. The number of nitrogens with one attached hydrogen (secondary N) is 1. The van der Waals surface area contributed by atoms with Gasteiger partial charge in [0.1, 0.15) is 5.82 Å². The van der Waals surface area contributed by atoms with Gasteiger partial charge in [-0.25, -0.2) is 4.98 Å². The third kappa shape index (κ3) is 2.73. The van der Waals surface area contributed by atoms with Crippen molar-refractivity contribution in [3.63, 3.8) is 0 Å². The van der Waals surface area contributed by atoms with Gasteiger partial charge in [0.2, 0.25) is 0 Å². The normalized spacial score (nSPS) is 21.3. The minimum Gasteiger partial charge on any atom is -0.337 e. The van der Waals surface area contributed by atoms with Gasteiger partial charge in [-0.1, -0.05) is 17.7 Å². The molecule has 5 nitrogen and oxygen atoms in total. The zero-order valence-corrected chi connectivity index (χ0v) is 12.7. The molecule has 6 heteroatoms. The summed E-state index contributed by atoms with van der Waals surface area (Å²) in [7, 11) is 0. The van der Waals surface area contributed by atoms with Crippen molar-refractivity contribution >= 4 is 5.91 Å². The third-order valence-electron chi connectivity index (χ3n) is 4.14. The molecule has 3 rings (SSSR count). The van der Waals surface area contributed by atoms with Gasteiger partial charge in [-0.3, -0.25) is 14.3 Å². The van der Waals surface area contributed by atoms with Crippen molar-refractivity contribution in [2.75, 3.05) is 19.8 Å². The molecule has 22 heavy (non-hydrogen) atoms. The number of hydrogen-bond donors (Lipinski definition) is 1. The Morgan fingerprint density at radius 1 is 1.41 bits per heavy atom. The number of carbonyl (C=O) groups excluding carboxylic acids is 1. The van der Waals surface area contributed by atoms with Crippen molar-refractivity contribution in [1.82, 2.24) is 20.1 Å². The minimum absolute atomic E-state index is 0.0584. The van der Waals surface area contributed by atoms with Gasteiger partial charge in [0.15, 0.2) is 5.82 Å². The van der Waals surface area contributed by atoms with E-state index in [1.54, 1.807) is 11.0 Å². The molecule has 2 unspecified atom stereocenters. The Balaban J connectivity index is 1.80. The summed E-state index contributed by atoms with van der Waals surface area (Å²) >= 11 is 0. The predicted octanol–water partition coefficient (Wildman–Crippen LogP) is 2.25. The number of hydrogen-bond acceptors (Lipinski definition) is 3. The minimum atomic E-state index is -0.476. The molecule has 1 aliphatic rings. The number of likely N-dealkylation sites (tertiary alicyclic amines) is 1. The van der Waals surface area contributed by atoms with Gasteiger partial charge in [-0.15, -0.1) is 0 Å². The number of aryl methyl sites for hydroxylation is 2. The zero-order chi connectivity index (χ0) is 15.7. The van der Waals surface area contributed by atoms with E-state index in [-0.39, 0.29) is 17.7 Å². The molecule has 1 aromatic heterocycles. The molecule has 1 fully saturated rings. The van der Waals surface area contributed by atoms with Crippen molar-refractivity contribution < 1.29 is 9.18 Å². The van der Waals surface area contributed by atoms with Crippen LogP contribution in [0.25, 0.3) is 0 Å². The number of amides is 1. The van der Waals surface area contributed by atoms with Crippen LogP contribution < -0.4 is 0 Å². The van der Waals surface area contributed by atoms with Crippen LogP contribution in [0.3, 0.4) is 0 Å². The summed E-state index contributed by atoms with van der Waals surface area (Å²) in [5.41, 5.74) is 1.68. The molecule has 2 heterocycles. The molecule has 2 atom stereocenters. The van der Waals surface area contributed by atoms with E-state index in [0.717, 1.165) is 5.56 Å². The molecule has 2 aromatic rings. The fourth-order valence-corrected chi connectivity index (χ4v) is 2.97. The molecule has 1 saturated heterocycles. The van der Waals surface area contributed by atoms with Gasteiger partial charge in [0.25, 0.3) is 5.91 Å². The number of alkyl halides is 1. The van der Waals surface area contributed by atoms with Crippen molar-refractivity contribution in [3.05, 3.63) is 47.0 Å². The number of benzene rings is 1. The van der Waals surface area contributed by atoms with Crippen molar-refractivity contribution in [1.29, 1.82) is 0 Å². The maximum Gasteiger partial charge on any atom is 0.253 e. The van der Waals surface area contributed by atoms with E-state index in [1.165, 1.54) is 0 Å². The lowest BCUT2D eigenvalue weighted by Crippen LogP contribution is -2.29. The highest BCUT2D eigenvalue weighted by atomic mass is 19.1. The number of halogens is 1. The first-order valence-corrected chi connectivity index (χ1v) is 7.39. The molecular weight excluding hydrogens is 283 g/mol. The van der Waals surface area contributed by atoms with Crippen molar-refractivity contribution in [3.8, 4) is 0 Å². The zero-order valence-electron chi connectivity index (χ0n) is 12.7. The topological polar surface area (TPSA) is 61.9 Å². The Hall–Kier alpha value is -2.24. The Labute approximate surface area is 128 Å². The van der Waals surface area contributed by atoms with Gasteiger partial charge in [-0.05, 0) is 26.0 Å². The molecular formula is C16H19FN4O. The van der Waals surface area contributed by atoms with Crippen LogP contribution in [0.1, 0.15) is 33.5 Å². The fraction of sp³-hybridized carbons (Fsp3) is 0.438. The standard InChI is InChI=1S/C16H19FN4O/c1-10-4-3-5-12(6-10)16(22)21-8-13(7-17)14(9-21)15-18-11(2)19-20-15/h3-6,13-14H,7-9H2,1-2H3,(H,18,19,20). The molecule has 1 aliphatic heterocycles. The second kappa shape index (κ2) is 5.87. The average Bonchev–Trinajstić information content (AvgIpc) is 3.12. The van der Waals surface area contributed by atoms with Crippen LogP contribution in [0.15, 0.2) is 24.3 Å². The predicted molar refractivity (Wildman–Crippen MR) is 80.4 cm³/mol. The molecule has 1 aromatic carbocycles. The molecule has 0 spiro atoms. The second-order valence-electron chi connectivity index (χ2n) is 5.88. The van der Waals surface area contributed by atoms with Gasteiger partial charge in [0.05, 0.1) is 6.67 Å². The molecule has 0 aliphatic carbocycles.